The molecule has 0 bridgehead atoms. The van der Waals surface area contributed by atoms with E-state index in [2.05, 4.69) is 30.9 Å². The Morgan fingerprint density at radius 2 is 2.40 bits per heavy atom. The number of rotatable bonds is 2. The molecule has 0 radical (unpaired) electrons. The van der Waals surface area contributed by atoms with Crippen molar-refractivity contribution < 1.29 is 0 Å². The molecule has 80 valence electrons. The van der Waals surface area contributed by atoms with Gasteiger partial charge in [-0.1, -0.05) is 0 Å². The number of nitrogens with one attached hydrogen (secondary N) is 4. The monoisotopic (exact) mass is 206 g/mol. The molecular weight excluding hydrogens is 192 g/mol. The van der Waals surface area contributed by atoms with Crippen LogP contribution in [0, 0.1) is 0 Å². The van der Waals surface area contributed by atoms with Gasteiger partial charge in [0.15, 0.2) is 0 Å². The van der Waals surface area contributed by atoms with Crippen molar-refractivity contribution in [1.29, 1.82) is 0 Å². The number of aromatic nitrogens is 2. The van der Waals surface area contributed by atoms with E-state index >= 15 is 0 Å². The Kier molecular flexibility index (Phi) is 2.15. The van der Waals surface area contributed by atoms with Gasteiger partial charge in [-0.25, -0.2) is 4.98 Å². The molecule has 3 rings (SSSR count). The van der Waals surface area contributed by atoms with Gasteiger partial charge in [0, 0.05) is 19.8 Å². The highest BCUT2D eigenvalue weighted by molar-refractivity contribution is 5.97. The summed E-state index contributed by atoms with van der Waals surface area (Å²) in [5.74, 6) is 1.91. The summed E-state index contributed by atoms with van der Waals surface area (Å²) in [6, 6.07) is 0.292. The van der Waals surface area contributed by atoms with Crippen LogP contribution < -0.4 is 16.0 Å². The lowest BCUT2D eigenvalue weighted by atomic mass is 10.3. The zero-order valence-electron chi connectivity index (χ0n) is 8.38. The van der Waals surface area contributed by atoms with Gasteiger partial charge in [0.25, 0.3) is 0 Å². The zero-order valence-corrected chi connectivity index (χ0v) is 8.38. The van der Waals surface area contributed by atoms with Gasteiger partial charge in [0.1, 0.15) is 17.4 Å². The van der Waals surface area contributed by atoms with Crippen molar-refractivity contribution in [3.05, 3.63) is 17.7 Å². The summed E-state index contributed by atoms with van der Waals surface area (Å²) in [5.41, 5.74) is 0.983. The number of hydrogen-bond donors (Lipinski definition) is 4. The molecule has 1 atom stereocenters. The fourth-order valence-electron chi connectivity index (χ4n) is 1.89. The number of hydrogen-bond acceptors (Lipinski definition) is 5. The molecule has 4 N–H and O–H groups in total. The molecule has 0 aliphatic carbocycles. The molecule has 0 spiro atoms. The summed E-state index contributed by atoms with van der Waals surface area (Å²) in [5, 5.41) is 9.76. The Labute approximate surface area is 87.6 Å². The molecule has 1 saturated heterocycles. The van der Waals surface area contributed by atoms with E-state index in [0.29, 0.717) is 6.04 Å². The van der Waals surface area contributed by atoms with Gasteiger partial charge in [-0.2, -0.15) is 0 Å². The molecule has 2 aliphatic heterocycles. The quantitative estimate of drug-likeness (QED) is 0.498. The smallest absolute Gasteiger partial charge is 0.146 e. The van der Waals surface area contributed by atoms with Crippen molar-refractivity contribution in [2.75, 3.05) is 26.3 Å². The van der Waals surface area contributed by atoms with Gasteiger partial charge in [-0.05, 0) is 0 Å². The van der Waals surface area contributed by atoms with Gasteiger partial charge in [-0.3, -0.25) is 10.3 Å². The van der Waals surface area contributed by atoms with E-state index in [-0.39, 0.29) is 0 Å². The van der Waals surface area contributed by atoms with Crippen LogP contribution in [0.5, 0.6) is 0 Å². The molecule has 6 nitrogen and oxygen atoms in total. The SMILES string of the molecule is c1nc(C2CNCN2)[nH]c1C1=NCCN1. The molecule has 0 saturated carbocycles. The van der Waals surface area contributed by atoms with Crippen LogP contribution >= 0.6 is 0 Å². The number of aliphatic imine (C=N–C) groups is 1. The van der Waals surface area contributed by atoms with Crippen LogP contribution in [0.2, 0.25) is 0 Å². The first-order valence-corrected chi connectivity index (χ1v) is 5.21. The molecule has 1 fully saturated rings. The topological polar surface area (TPSA) is 77.1 Å². The molecule has 15 heavy (non-hydrogen) atoms. The molecular formula is C9H14N6. The maximum Gasteiger partial charge on any atom is 0.146 e. The van der Waals surface area contributed by atoms with Crippen molar-refractivity contribution in [3.8, 4) is 0 Å². The van der Waals surface area contributed by atoms with Crippen molar-refractivity contribution >= 4 is 5.84 Å². The second kappa shape index (κ2) is 3.63. The Bertz CT molecular complexity index is 376. The van der Waals surface area contributed by atoms with Gasteiger partial charge in [0.05, 0.1) is 18.8 Å². The molecule has 2 aliphatic rings. The third kappa shape index (κ3) is 1.62. The van der Waals surface area contributed by atoms with Crippen LogP contribution in [-0.2, 0) is 0 Å². The number of amidine groups is 1. The highest BCUT2D eigenvalue weighted by Crippen LogP contribution is 2.11. The van der Waals surface area contributed by atoms with Gasteiger partial charge in [0.2, 0.25) is 0 Å². The molecule has 6 heteroatoms. The lowest BCUT2D eigenvalue weighted by Gasteiger charge is -2.04. The first-order chi connectivity index (χ1) is 7.43. The average molecular weight is 206 g/mol. The molecule has 1 aromatic heterocycles. The molecule has 0 aromatic carbocycles. The van der Waals surface area contributed by atoms with Crippen LogP contribution in [0.25, 0.3) is 0 Å². The van der Waals surface area contributed by atoms with Crippen LogP contribution in [0.4, 0.5) is 0 Å². The van der Waals surface area contributed by atoms with Crippen LogP contribution in [-0.4, -0.2) is 42.1 Å². The van der Waals surface area contributed by atoms with Gasteiger partial charge >= 0.3 is 0 Å². The Morgan fingerprint density at radius 1 is 1.40 bits per heavy atom. The average Bonchev–Trinajstić information content (AvgIpc) is 3.02. The van der Waals surface area contributed by atoms with E-state index in [4.69, 9.17) is 0 Å². The maximum absolute atomic E-state index is 4.36. The van der Waals surface area contributed by atoms with E-state index < -0.39 is 0 Å². The highest BCUT2D eigenvalue weighted by Gasteiger charge is 2.20. The van der Waals surface area contributed by atoms with Gasteiger partial charge in [-0.15, -0.1) is 0 Å². The first-order valence-electron chi connectivity index (χ1n) is 5.21. The predicted octanol–water partition coefficient (Wildman–Crippen LogP) is -1.05. The molecule has 0 amide bonds. The maximum atomic E-state index is 4.36. The Balaban J connectivity index is 1.80. The second-order valence-corrected chi connectivity index (χ2v) is 3.73. The van der Waals surface area contributed by atoms with Crippen molar-refractivity contribution in [3.63, 3.8) is 0 Å². The van der Waals surface area contributed by atoms with Crippen LogP contribution in [0.1, 0.15) is 17.6 Å². The summed E-state index contributed by atoms with van der Waals surface area (Å²) < 4.78 is 0. The van der Waals surface area contributed by atoms with Gasteiger partial charge < -0.3 is 15.6 Å². The molecule has 1 aromatic rings. The summed E-state index contributed by atoms with van der Waals surface area (Å²) in [7, 11) is 0. The van der Waals surface area contributed by atoms with E-state index in [1.165, 1.54) is 0 Å². The minimum atomic E-state index is 0.292. The number of nitrogens with zero attached hydrogens (tertiary/aromatic N) is 2. The second-order valence-electron chi connectivity index (χ2n) is 3.73. The summed E-state index contributed by atoms with van der Waals surface area (Å²) in [6.07, 6.45) is 1.84. The van der Waals surface area contributed by atoms with E-state index in [0.717, 1.165) is 43.7 Å². The number of aromatic amines is 1. The Morgan fingerprint density at radius 3 is 3.13 bits per heavy atom. The lowest BCUT2D eigenvalue weighted by Crippen LogP contribution is -2.20. The lowest BCUT2D eigenvalue weighted by molar-refractivity contribution is 0.639. The third-order valence-corrected chi connectivity index (χ3v) is 2.68. The van der Waals surface area contributed by atoms with Crippen molar-refractivity contribution in [2.24, 2.45) is 4.99 Å². The van der Waals surface area contributed by atoms with Crippen molar-refractivity contribution in [1.82, 2.24) is 25.9 Å². The summed E-state index contributed by atoms with van der Waals surface area (Å²) >= 11 is 0. The standard InChI is InChI=1S/C9H14N6/c1-2-12-8(11-1)7-4-13-9(15-7)6-3-10-5-14-6/h4,6,10,14H,1-3,5H2,(H,11,12)(H,13,15). The number of H-pyrrole nitrogens is 1. The van der Waals surface area contributed by atoms with E-state index in [1.54, 1.807) is 0 Å². The third-order valence-electron chi connectivity index (χ3n) is 2.68. The van der Waals surface area contributed by atoms with E-state index in [9.17, 15) is 0 Å². The first kappa shape index (κ1) is 8.87. The Hall–Kier alpha value is -1.40. The predicted molar refractivity (Wildman–Crippen MR) is 56.7 cm³/mol. The zero-order chi connectivity index (χ0) is 10.1. The van der Waals surface area contributed by atoms with Crippen LogP contribution in [0.15, 0.2) is 11.2 Å². The largest absolute Gasteiger partial charge is 0.367 e. The number of imidazole rings is 1. The highest BCUT2D eigenvalue weighted by atomic mass is 15.2. The minimum absolute atomic E-state index is 0.292. The minimum Gasteiger partial charge on any atom is -0.367 e. The fourth-order valence-corrected chi connectivity index (χ4v) is 1.89. The van der Waals surface area contributed by atoms with Crippen molar-refractivity contribution in [2.45, 2.75) is 6.04 Å². The van der Waals surface area contributed by atoms with E-state index in [1.807, 2.05) is 6.20 Å². The normalized spacial score (nSPS) is 25.3. The summed E-state index contributed by atoms with van der Waals surface area (Å²) in [6.45, 7) is 3.55. The van der Waals surface area contributed by atoms with Crippen LogP contribution in [0.3, 0.4) is 0 Å². The summed E-state index contributed by atoms with van der Waals surface area (Å²) in [4.78, 5) is 12.0. The molecule has 3 heterocycles. The molecule has 1 unspecified atom stereocenters. The fraction of sp³-hybridized carbons (Fsp3) is 0.556.